The van der Waals surface area contributed by atoms with Crippen molar-refractivity contribution >= 4 is 9.84 Å². The van der Waals surface area contributed by atoms with Crippen LogP contribution < -0.4 is 10.5 Å². The second kappa shape index (κ2) is 6.02. The average Bonchev–Trinajstić information content (AvgIpc) is 2.27. The van der Waals surface area contributed by atoms with Crippen molar-refractivity contribution < 1.29 is 13.2 Å². The van der Waals surface area contributed by atoms with E-state index < -0.39 is 9.84 Å². The van der Waals surface area contributed by atoms with Crippen LogP contribution in [0.2, 0.25) is 0 Å². The summed E-state index contributed by atoms with van der Waals surface area (Å²) in [6.45, 7) is 1.88. The van der Waals surface area contributed by atoms with Gasteiger partial charge in [-0.1, -0.05) is 19.1 Å². The molecule has 0 aliphatic carbocycles. The fourth-order valence-electron chi connectivity index (χ4n) is 1.52. The summed E-state index contributed by atoms with van der Waals surface area (Å²) >= 11 is 0. The zero-order valence-electron chi connectivity index (χ0n) is 10.2. The Morgan fingerprint density at radius 1 is 1.41 bits per heavy atom. The number of sulfone groups is 1. The van der Waals surface area contributed by atoms with Gasteiger partial charge in [-0.05, 0) is 24.1 Å². The van der Waals surface area contributed by atoms with Crippen LogP contribution >= 0.6 is 0 Å². The molecule has 1 atom stereocenters. The first kappa shape index (κ1) is 14.0. The van der Waals surface area contributed by atoms with Crippen molar-refractivity contribution in [1.29, 1.82) is 0 Å². The predicted molar refractivity (Wildman–Crippen MR) is 68.8 cm³/mol. The standard InChI is InChI=1S/C12H19NO3S/c1-3-11(13)9-17(14,15)8-10-5-4-6-12(7-10)16-2/h4-7,11H,3,8-9,13H2,1-2H3. The molecule has 1 unspecified atom stereocenters. The fourth-order valence-corrected chi connectivity index (χ4v) is 3.21. The first-order chi connectivity index (χ1) is 7.96. The Labute approximate surface area is 103 Å². The lowest BCUT2D eigenvalue weighted by Gasteiger charge is -2.10. The van der Waals surface area contributed by atoms with E-state index in [9.17, 15) is 8.42 Å². The third-order valence-electron chi connectivity index (χ3n) is 2.51. The lowest BCUT2D eigenvalue weighted by molar-refractivity contribution is 0.414. The molecule has 0 amide bonds. The summed E-state index contributed by atoms with van der Waals surface area (Å²) < 4.78 is 28.7. The first-order valence-electron chi connectivity index (χ1n) is 5.55. The molecule has 0 radical (unpaired) electrons. The lowest BCUT2D eigenvalue weighted by Crippen LogP contribution is -2.29. The molecule has 1 aromatic carbocycles. The van der Waals surface area contributed by atoms with Gasteiger partial charge in [0.25, 0.3) is 0 Å². The lowest BCUT2D eigenvalue weighted by atomic mass is 10.2. The Morgan fingerprint density at radius 2 is 2.12 bits per heavy atom. The highest BCUT2D eigenvalue weighted by molar-refractivity contribution is 7.90. The fraction of sp³-hybridized carbons (Fsp3) is 0.500. The third kappa shape index (κ3) is 4.75. The predicted octanol–water partition coefficient (Wildman–Crippen LogP) is 1.35. The minimum Gasteiger partial charge on any atom is -0.497 e. The molecule has 2 N–H and O–H groups in total. The molecular weight excluding hydrogens is 238 g/mol. The van der Waals surface area contributed by atoms with Gasteiger partial charge in [0.05, 0.1) is 18.6 Å². The van der Waals surface area contributed by atoms with Gasteiger partial charge in [-0.2, -0.15) is 0 Å². The smallest absolute Gasteiger partial charge is 0.155 e. The molecule has 0 saturated carbocycles. The van der Waals surface area contributed by atoms with E-state index in [0.717, 1.165) is 5.56 Å². The van der Waals surface area contributed by atoms with Gasteiger partial charge in [0, 0.05) is 6.04 Å². The van der Waals surface area contributed by atoms with Gasteiger partial charge in [-0.3, -0.25) is 0 Å². The zero-order valence-corrected chi connectivity index (χ0v) is 11.0. The summed E-state index contributed by atoms with van der Waals surface area (Å²) in [5.41, 5.74) is 6.39. The molecule has 1 rings (SSSR count). The van der Waals surface area contributed by atoms with Crippen LogP contribution in [0.25, 0.3) is 0 Å². The van der Waals surface area contributed by atoms with Crippen LogP contribution in [0.1, 0.15) is 18.9 Å². The van der Waals surface area contributed by atoms with E-state index in [1.54, 1.807) is 31.4 Å². The Bertz CT molecular complexity index is 457. The second-order valence-corrected chi connectivity index (χ2v) is 6.18. The number of rotatable bonds is 6. The van der Waals surface area contributed by atoms with Gasteiger partial charge >= 0.3 is 0 Å². The zero-order chi connectivity index (χ0) is 12.9. The van der Waals surface area contributed by atoms with Crippen LogP contribution in [0.5, 0.6) is 5.75 Å². The summed E-state index contributed by atoms with van der Waals surface area (Å²) in [6.07, 6.45) is 0.664. The Balaban J connectivity index is 2.75. The summed E-state index contributed by atoms with van der Waals surface area (Å²) in [4.78, 5) is 0. The maximum absolute atomic E-state index is 11.8. The minimum atomic E-state index is -3.15. The number of hydrogen-bond donors (Lipinski definition) is 1. The molecule has 0 aromatic heterocycles. The van der Waals surface area contributed by atoms with Gasteiger partial charge < -0.3 is 10.5 Å². The summed E-state index contributed by atoms with van der Waals surface area (Å²) in [7, 11) is -1.60. The van der Waals surface area contributed by atoms with Gasteiger partial charge in [-0.25, -0.2) is 8.42 Å². The maximum Gasteiger partial charge on any atom is 0.155 e. The van der Waals surface area contributed by atoms with Gasteiger partial charge in [0.2, 0.25) is 0 Å². The number of hydrogen-bond acceptors (Lipinski definition) is 4. The van der Waals surface area contributed by atoms with Gasteiger partial charge in [0.1, 0.15) is 5.75 Å². The normalized spacial score (nSPS) is 13.4. The molecule has 4 nitrogen and oxygen atoms in total. The average molecular weight is 257 g/mol. The largest absolute Gasteiger partial charge is 0.497 e. The molecule has 5 heteroatoms. The van der Waals surface area contributed by atoms with Crippen LogP contribution in [0.15, 0.2) is 24.3 Å². The molecule has 0 heterocycles. The molecule has 0 aliphatic heterocycles. The molecule has 1 aromatic rings. The Morgan fingerprint density at radius 3 is 2.71 bits per heavy atom. The van der Waals surface area contributed by atoms with Crippen LogP contribution in [0.3, 0.4) is 0 Å². The summed E-state index contributed by atoms with van der Waals surface area (Å²) in [5.74, 6) is 0.705. The van der Waals surface area contributed by atoms with Crippen molar-refractivity contribution in [3.8, 4) is 5.75 Å². The SMILES string of the molecule is CCC(N)CS(=O)(=O)Cc1cccc(OC)c1. The first-order valence-corrected chi connectivity index (χ1v) is 7.38. The highest BCUT2D eigenvalue weighted by atomic mass is 32.2. The monoisotopic (exact) mass is 257 g/mol. The van der Waals surface area contributed by atoms with Crippen LogP contribution in [-0.4, -0.2) is 27.3 Å². The molecule has 0 saturated heterocycles. The quantitative estimate of drug-likeness (QED) is 0.835. The number of nitrogens with two attached hydrogens (primary N) is 1. The van der Waals surface area contributed by atoms with Crippen molar-refractivity contribution in [3.05, 3.63) is 29.8 Å². The molecule has 0 fully saturated rings. The molecule has 96 valence electrons. The summed E-state index contributed by atoms with van der Waals surface area (Å²) in [5, 5.41) is 0. The second-order valence-electron chi connectivity index (χ2n) is 4.07. The van der Waals surface area contributed by atoms with Crippen LogP contribution in [0.4, 0.5) is 0 Å². The topological polar surface area (TPSA) is 69.4 Å². The van der Waals surface area contributed by atoms with Crippen molar-refractivity contribution in [2.75, 3.05) is 12.9 Å². The molecule has 0 aliphatic rings. The molecule has 0 spiro atoms. The Kier molecular flexibility index (Phi) is 4.96. The van der Waals surface area contributed by atoms with Crippen molar-refractivity contribution in [2.45, 2.75) is 25.1 Å². The van der Waals surface area contributed by atoms with E-state index >= 15 is 0 Å². The maximum atomic E-state index is 11.8. The third-order valence-corrected chi connectivity index (χ3v) is 4.22. The molecular formula is C12H19NO3S. The molecule has 17 heavy (non-hydrogen) atoms. The summed E-state index contributed by atoms with van der Waals surface area (Å²) in [6, 6.07) is 6.79. The van der Waals surface area contributed by atoms with Crippen LogP contribution in [-0.2, 0) is 15.6 Å². The van der Waals surface area contributed by atoms with E-state index in [4.69, 9.17) is 10.5 Å². The van der Waals surface area contributed by atoms with E-state index in [0.29, 0.717) is 12.2 Å². The molecule has 0 bridgehead atoms. The number of ether oxygens (including phenoxy) is 1. The van der Waals surface area contributed by atoms with Crippen molar-refractivity contribution in [3.63, 3.8) is 0 Å². The minimum absolute atomic E-state index is 0.0118. The van der Waals surface area contributed by atoms with E-state index in [2.05, 4.69) is 0 Å². The Hall–Kier alpha value is -1.07. The van der Waals surface area contributed by atoms with Gasteiger partial charge in [-0.15, -0.1) is 0 Å². The highest BCUT2D eigenvalue weighted by Crippen LogP contribution is 2.15. The van der Waals surface area contributed by atoms with E-state index in [1.165, 1.54) is 0 Å². The van der Waals surface area contributed by atoms with Crippen molar-refractivity contribution in [2.24, 2.45) is 5.73 Å². The number of benzene rings is 1. The van der Waals surface area contributed by atoms with E-state index in [1.807, 2.05) is 6.92 Å². The van der Waals surface area contributed by atoms with Crippen molar-refractivity contribution in [1.82, 2.24) is 0 Å². The van der Waals surface area contributed by atoms with Gasteiger partial charge in [0.15, 0.2) is 9.84 Å². The van der Waals surface area contributed by atoms with E-state index in [-0.39, 0.29) is 17.5 Å². The number of methoxy groups -OCH3 is 1. The highest BCUT2D eigenvalue weighted by Gasteiger charge is 2.16. The van der Waals surface area contributed by atoms with Crippen LogP contribution in [0, 0.1) is 0 Å².